The number of H-pyrrole nitrogens is 1. The molecule has 1 aliphatic heterocycles. The number of nitrogens with zero attached hydrogens (tertiary/aromatic N) is 4. The first kappa shape index (κ1) is 14.4. The van der Waals surface area contributed by atoms with Crippen LogP contribution in [0.15, 0.2) is 24.5 Å². The van der Waals surface area contributed by atoms with Gasteiger partial charge in [-0.05, 0) is 31.9 Å². The minimum absolute atomic E-state index is 0.00684. The van der Waals surface area contributed by atoms with Gasteiger partial charge >= 0.3 is 0 Å². The maximum absolute atomic E-state index is 12.7. The van der Waals surface area contributed by atoms with Gasteiger partial charge in [0.25, 0.3) is 5.91 Å². The highest BCUT2D eigenvalue weighted by Gasteiger charge is 2.44. The molecule has 122 valence electrons. The summed E-state index contributed by atoms with van der Waals surface area (Å²) in [6, 6.07) is 3.89. The molecule has 4 rings (SSSR count). The van der Waals surface area contributed by atoms with Crippen molar-refractivity contribution < 1.29 is 9.53 Å². The summed E-state index contributed by atoms with van der Waals surface area (Å²) in [6.07, 6.45) is 5.90. The summed E-state index contributed by atoms with van der Waals surface area (Å²) >= 11 is 0. The molecule has 2 aliphatic rings. The van der Waals surface area contributed by atoms with Crippen molar-refractivity contribution in [2.75, 3.05) is 13.2 Å². The van der Waals surface area contributed by atoms with Crippen molar-refractivity contribution in [1.29, 1.82) is 0 Å². The summed E-state index contributed by atoms with van der Waals surface area (Å²) in [5.74, 6) is 0.406. The third kappa shape index (κ3) is 2.65. The second-order valence-electron chi connectivity index (χ2n) is 6.40. The van der Waals surface area contributed by atoms with Crippen LogP contribution in [0.4, 0.5) is 0 Å². The number of hydrogen-bond acceptors (Lipinski definition) is 4. The van der Waals surface area contributed by atoms with Crippen LogP contribution in [0, 0.1) is 12.8 Å². The first-order chi connectivity index (χ1) is 11.2. The van der Waals surface area contributed by atoms with Crippen molar-refractivity contribution in [1.82, 2.24) is 24.9 Å². The smallest absolute Gasteiger partial charge is 0.274 e. The van der Waals surface area contributed by atoms with Crippen molar-refractivity contribution in [3.63, 3.8) is 0 Å². The van der Waals surface area contributed by atoms with E-state index in [1.54, 1.807) is 6.20 Å². The molecule has 23 heavy (non-hydrogen) atoms. The number of ether oxygens (including phenoxy) is 1. The predicted octanol–water partition coefficient (Wildman–Crippen LogP) is 1.23. The van der Waals surface area contributed by atoms with Crippen LogP contribution < -0.4 is 0 Å². The van der Waals surface area contributed by atoms with Crippen LogP contribution in [0.2, 0.25) is 0 Å². The van der Waals surface area contributed by atoms with Gasteiger partial charge in [-0.25, -0.2) is 0 Å². The molecule has 2 fully saturated rings. The van der Waals surface area contributed by atoms with Crippen LogP contribution in [-0.2, 0) is 11.3 Å². The number of aromatic nitrogens is 4. The van der Waals surface area contributed by atoms with Crippen molar-refractivity contribution in [2.24, 2.45) is 5.92 Å². The third-order valence-corrected chi connectivity index (χ3v) is 4.89. The van der Waals surface area contributed by atoms with Gasteiger partial charge < -0.3 is 9.64 Å². The molecule has 0 spiro atoms. The van der Waals surface area contributed by atoms with Crippen molar-refractivity contribution in [3.05, 3.63) is 35.9 Å². The maximum atomic E-state index is 12.7. The summed E-state index contributed by atoms with van der Waals surface area (Å²) in [4.78, 5) is 14.7. The van der Waals surface area contributed by atoms with E-state index in [1.165, 1.54) is 0 Å². The van der Waals surface area contributed by atoms with Gasteiger partial charge in [-0.15, -0.1) is 0 Å². The zero-order valence-electron chi connectivity index (χ0n) is 13.2. The number of nitrogens with one attached hydrogen (secondary N) is 1. The fraction of sp³-hybridized carbons (Fsp3) is 0.562. The molecule has 3 heterocycles. The number of aromatic amines is 1. The average Bonchev–Trinajstić information content (AvgIpc) is 3.28. The Bertz CT molecular complexity index is 680. The average molecular weight is 315 g/mol. The van der Waals surface area contributed by atoms with Crippen LogP contribution >= 0.6 is 0 Å². The number of amides is 1. The third-order valence-electron chi connectivity index (χ3n) is 4.89. The monoisotopic (exact) mass is 315 g/mol. The summed E-state index contributed by atoms with van der Waals surface area (Å²) in [7, 11) is 0. The number of rotatable bonds is 3. The molecule has 1 amide bonds. The lowest BCUT2D eigenvalue weighted by atomic mass is 10.0. The van der Waals surface area contributed by atoms with E-state index in [2.05, 4.69) is 15.3 Å². The van der Waals surface area contributed by atoms with E-state index in [-0.39, 0.29) is 18.1 Å². The fourth-order valence-corrected chi connectivity index (χ4v) is 3.83. The van der Waals surface area contributed by atoms with Crippen LogP contribution in [-0.4, -0.2) is 56.1 Å². The minimum Gasteiger partial charge on any atom is -0.374 e. The van der Waals surface area contributed by atoms with E-state index in [4.69, 9.17) is 4.74 Å². The Morgan fingerprint density at radius 2 is 2.39 bits per heavy atom. The van der Waals surface area contributed by atoms with Crippen LogP contribution in [0.25, 0.3) is 0 Å². The number of carbonyl (C=O) groups is 1. The van der Waals surface area contributed by atoms with E-state index in [0.717, 1.165) is 25.1 Å². The molecule has 0 unspecified atom stereocenters. The van der Waals surface area contributed by atoms with Crippen LogP contribution in [0.3, 0.4) is 0 Å². The highest BCUT2D eigenvalue weighted by atomic mass is 16.5. The van der Waals surface area contributed by atoms with E-state index >= 15 is 0 Å². The zero-order valence-corrected chi connectivity index (χ0v) is 13.2. The predicted molar refractivity (Wildman–Crippen MR) is 82.8 cm³/mol. The quantitative estimate of drug-likeness (QED) is 0.924. The number of hydrogen-bond donors (Lipinski definition) is 1. The number of aryl methyl sites for hydroxylation is 1. The van der Waals surface area contributed by atoms with Gasteiger partial charge in [-0.1, -0.05) is 0 Å². The van der Waals surface area contributed by atoms with Gasteiger partial charge in [0, 0.05) is 37.1 Å². The molecule has 1 saturated carbocycles. The van der Waals surface area contributed by atoms with Gasteiger partial charge in [0.05, 0.1) is 18.8 Å². The van der Waals surface area contributed by atoms with E-state index in [9.17, 15) is 4.79 Å². The summed E-state index contributed by atoms with van der Waals surface area (Å²) in [5, 5.41) is 11.2. The Morgan fingerprint density at radius 1 is 1.48 bits per heavy atom. The topological polar surface area (TPSA) is 76.0 Å². The van der Waals surface area contributed by atoms with Gasteiger partial charge in [-0.2, -0.15) is 10.2 Å². The Morgan fingerprint density at radius 3 is 3.13 bits per heavy atom. The molecule has 1 saturated heterocycles. The normalized spacial score (nSPS) is 27.2. The van der Waals surface area contributed by atoms with Crippen LogP contribution in [0.5, 0.6) is 0 Å². The molecule has 2 aromatic heterocycles. The molecule has 0 bridgehead atoms. The Kier molecular flexibility index (Phi) is 3.65. The molecule has 7 heteroatoms. The van der Waals surface area contributed by atoms with Gasteiger partial charge in [-0.3, -0.25) is 14.6 Å². The molecular formula is C16H21N5O2. The number of carbonyl (C=O) groups excluding carboxylic acids is 1. The summed E-state index contributed by atoms with van der Waals surface area (Å²) < 4.78 is 7.97. The molecule has 0 radical (unpaired) electrons. The van der Waals surface area contributed by atoms with E-state index < -0.39 is 0 Å². The van der Waals surface area contributed by atoms with Gasteiger partial charge in [0.2, 0.25) is 0 Å². The van der Waals surface area contributed by atoms with E-state index in [1.807, 2.05) is 34.8 Å². The van der Waals surface area contributed by atoms with Crippen molar-refractivity contribution >= 4 is 5.91 Å². The summed E-state index contributed by atoms with van der Waals surface area (Å²) in [6.45, 7) is 3.98. The molecule has 3 atom stereocenters. The molecule has 0 aromatic carbocycles. The lowest BCUT2D eigenvalue weighted by Crippen LogP contribution is -2.53. The summed E-state index contributed by atoms with van der Waals surface area (Å²) in [5.41, 5.74) is 1.40. The fourth-order valence-electron chi connectivity index (χ4n) is 3.83. The second-order valence-corrected chi connectivity index (χ2v) is 6.40. The molecule has 7 nitrogen and oxygen atoms in total. The van der Waals surface area contributed by atoms with Crippen molar-refractivity contribution in [3.8, 4) is 0 Å². The zero-order chi connectivity index (χ0) is 15.8. The van der Waals surface area contributed by atoms with Crippen molar-refractivity contribution in [2.45, 2.75) is 38.5 Å². The standard InChI is InChI=1S/C16H21N5O2/c1-11-9-13(19-18-11)16(22)21-7-8-23-15-12(3-4-14(15)21)10-20-6-2-5-17-20/h2,5-6,9,12,14-15H,3-4,7-8,10H2,1H3,(H,18,19)/t12-,14-,15-/m0/s1. The molecule has 1 aliphatic carbocycles. The lowest BCUT2D eigenvalue weighted by Gasteiger charge is -2.39. The Balaban J connectivity index is 1.50. The maximum Gasteiger partial charge on any atom is 0.274 e. The highest BCUT2D eigenvalue weighted by Crippen LogP contribution is 2.36. The minimum atomic E-state index is 0.00684. The van der Waals surface area contributed by atoms with Gasteiger partial charge in [0.15, 0.2) is 0 Å². The second kappa shape index (κ2) is 5.81. The number of fused-ring (bicyclic) bond motifs is 1. The Hall–Kier alpha value is -2.15. The molecule has 1 N–H and O–H groups in total. The molecular weight excluding hydrogens is 294 g/mol. The lowest BCUT2D eigenvalue weighted by molar-refractivity contribution is -0.0650. The van der Waals surface area contributed by atoms with Crippen LogP contribution in [0.1, 0.15) is 29.0 Å². The molecule has 2 aromatic rings. The van der Waals surface area contributed by atoms with Gasteiger partial charge in [0.1, 0.15) is 5.69 Å². The number of morpholine rings is 1. The Labute approximate surface area is 134 Å². The first-order valence-corrected chi connectivity index (χ1v) is 8.14. The highest BCUT2D eigenvalue weighted by molar-refractivity contribution is 5.92. The van der Waals surface area contributed by atoms with E-state index in [0.29, 0.717) is 24.8 Å². The first-order valence-electron chi connectivity index (χ1n) is 8.14. The largest absolute Gasteiger partial charge is 0.374 e. The SMILES string of the molecule is Cc1cc(C(=O)N2CCO[C@H]3[C@H](Cn4cccn4)CC[C@@H]32)n[nH]1.